The number of para-hydroxylation sites is 1. The van der Waals surface area contributed by atoms with Gasteiger partial charge in [-0.15, -0.1) is 11.8 Å². The first-order valence-corrected chi connectivity index (χ1v) is 8.35. The van der Waals surface area contributed by atoms with Gasteiger partial charge in [0.25, 0.3) is 0 Å². The number of thioether (sulfide) groups is 1. The van der Waals surface area contributed by atoms with Crippen LogP contribution < -0.4 is 10.2 Å². The summed E-state index contributed by atoms with van der Waals surface area (Å²) in [7, 11) is 0. The summed E-state index contributed by atoms with van der Waals surface area (Å²) in [5.74, 6) is 0.147. The Balaban J connectivity index is 1.69. The SMILES string of the molecule is C[C@H](NC(=O)CN1C(=O)CSc2ccccc21)c1ccncc1. The lowest BCUT2D eigenvalue weighted by atomic mass is 10.1. The summed E-state index contributed by atoms with van der Waals surface area (Å²) in [5, 5.41) is 2.93. The van der Waals surface area contributed by atoms with Crippen LogP contribution in [0.4, 0.5) is 5.69 Å². The van der Waals surface area contributed by atoms with Gasteiger partial charge >= 0.3 is 0 Å². The van der Waals surface area contributed by atoms with Crippen LogP contribution in [-0.4, -0.2) is 29.1 Å². The normalized spacial score (nSPS) is 15.0. The summed E-state index contributed by atoms with van der Waals surface area (Å²) in [4.78, 5) is 31.0. The van der Waals surface area contributed by atoms with Gasteiger partial charge < -0.3 is 10.2 Å². The van der Waals surface area contributed by atoms with Crippen molar-refractivity contribution in [3.63, 3.8) is 0 Å². The highest BCUT2D eigenvalue weighted by molar-refractivity contribution is 8.00. The highest BCUT2D eigenvalue weighted by Crippen LogP contribution is 2.34. The molecule has 6 heteroatoms. The number of pyridine rings is 1. The molecule has 0 saturated heterocycles. The molecule has 0 bridgehead atoms. The lowest BCUT2D eigenvalue weighted by Crippen LogP contribution is -2.43. The van der Waals surface area contributed by atoms with Crippen molar-refractivity contribution in [3.8, 4) is 0 Å². The Morgan fingerprint density at radius 1 is 1.30 bits per heavy atom. The number of fused-ring (bicyclic) bond motifs is 1. The third kappa shape index (κ3) is 3.53. The van der Waals surface area contributed by atoms with E-state index in [4.69, 9.17) is 0 Å². The Morgan fingerprint density at radius 3 is 2.83 bits per heavy atom. The maximum atomic E-state index is 12.3. The van der Waals surface area contributed by atoms with Crippen LogP contribution in [0.3, 0.4) is 0 Å². The fourth-order valence-electron chi connectivity index (χ4n) is 2.49. The summed E-state index contributed by atoms with van der Waals surface area (Å²) in [6, 6.07) is 11.3. The van der Waals surface area contributed by atoms with Crippen LogP contribution in [0.25, 0.3) is 0 Å². The lowest BCUT2D eigenvalue weighted by Gasteiger charge is -2.28. The molecule has 0 unspecified atom stereocenters. The van der Waals surface area contributed by atoms with E-state index in [1.54, 1.807) is 17.3 Å². The third-order valence-electron chi connectivity index (χ3n) is 3.69. The van der Waals surface area contributed by atoms with E-state index in [1.165, 1.54) is 11.8 Å². The standard InChI is InChI=1S/C17H17N3O2S/c1-12(13-6-8-18-9-7-13)19-16(21)10-20-14-4-2-3-5-15(14)23-11-17(20)22/h2-9,12H,10-11H2,1H3,(H,19,21)/t12-/m0/s1. The van der Waals surface area contributed by atoms with Crippen LogP contribution in [0.5, 0.6) is 0 Å². The van der Waals surface area contributed by atoms with Gasteiger partial charge in [0.1, 0.15) is 6.54 Å². The molecule has 1 aromatic carbocycles. The number of hydrogen-bond acceptors (Lipinski definition) is 4. The summed E-state index contributed by atoms with van der Waals surface area (Å²) >= 11 is 1.51. The Kier molecular flexibility index (Phi) is 4.62. The molecule has 0 fully saturated rings. The van der Waals surface area contributed by atoms with Crippen LogP contribution in [0, 0.1) is 0 Å². The van der Waals surface area contributed by atoms with Gasteiger partial charge in [-0.3, -0.25) is 14.6 Å². The zero-order chi connectivity index (χ0) is 16.2. The largest absolute Gasteiger partial charge is 0.348 e. The Bertz CT molecular complexity index is 721. The van der Waals surface area contributed by atoms with E-state index < -0.39 is 0 Å². The maximum absolute atomic E-state index is 12.3. The van der Waals surface area contributed by atoms with E-state index in [2.05, 4.69) is 10.3 Å². The molecule has 2 amide bonds. The number of nitrogens with zero attached hydrogens (tertiary/aromatic N) is 2. The summed E-state index contributed by atoms with van der Waals surface area (Å²) in [5.41, 5.74) is 1.79. The number of rotatable bonds is 4. The molecular weight excluding hydrogens is 310 g/mol. The van der Waals surface area contributed by atoms with Crippen molar-refractivity contribution < 1.29 is 9.59 Å². The van der Waals surface area contributed by atoms with Crippen molar-refractivity contribution in [1.82, 2.24) is 10.3 Å². The smallest absolute Gasteiger partial charge is 0.240 e. The molecule has 2 aromatic rings. The summed E-state index contributed by atoms with van der Waals surface area (Å²) in [6.45, 7) is 1.95. The Hall–Kier alpha value is -2.34. The van der Waals surface area contributed by atoms with E-state index in [-0.39, 0.29) is 24.4 Å². The van der Waals surface area contributed by atoms with Crippen LogP contribution in [0.1, 0.15) is 18.5 Å². The first kappa shape index (κ1) is 15.6. The molecule has 0 aliphatic carbocycles. The van der Waals surface area contributed by atoms with Crippen molar-refractivity contribution in [2.45, 2.75) is 17.9 Å². The number of carbonyl (C=O) groups is 2. The van der Waals surface area contributed by atoms with Crippen LogP contribution in [0.2, 0.25) is 0 Å². The monoisotopic (exact) mass is 327 g/mol. The second-order valence-electron chi connectivity index (χ2n) is 5.31. The second kappa shape index (κ2) is 6.83. The molecule has 118 valence electrons. The van der Waals surface area contributed by atoms with E-state index >= 15 is 0 Å². The maximum Gasteiger partial charge on any atom is 0.240 e. The molecule has 1 atom stereocenters. The fraction of sp³-hybridized carbons (Fsp3) is 0.235. The predicted molar refractivity (Wildman–Crippen MR) is 90.3 cm³/mol. The van der Waals surface area contributed by atoms with Gasteiger partial charge in [-0.05, 0) is 36.8 Å². The van der Waals surface area contributed by atoms with Crippen molar-refractivity contribution in [2.24, 2.45) is 0 Å². The quantitative estimate of drug-likeness (QED) is 0.937. The number of carbonyl (C=O) groups excluding carboxylic acids is 2. The van der Waals surface area contributed by atoms with Gasteiger partial charge in [0.15, 0.2) is 0 Å². The number of anilines is 1. The first-order chi connectivity index (χ1) is 11.1. The number of amides is 2. The van der Waals surface area contributed by atoms with Crippen LogP contribution >= 0.6 is 11.8 Å². The van der Waals surface area contributed by atoms with E-state index in [1.807, 2.05) is 43.3 Å². The van der Waals surface area contributed by atoms with Gasteiger partial charge in [0.05, 0.1) is 17.5 Å². The first-order valence-electron chi connectivity index (χ1n) is 7.36. The Labute approximate surface area is 139 Å². The topological polar surface area (TPSA) is 62.3 Å². The molecule has 1 aromatic heterocycles. The second-order valence-corrected chi connectivity index (χ2v) is 6.32. The van der Waals surface area contributed by atoms with Gasteiger partial charge in [-0.2, -0.15) is 0 Å². The lowest BCUT2D eigenvalue weighted by molar-refractivity contribution is -0.123. The molecule has 0 spiro atoms. The van der Waals surface area contributed by atoms with Crippen molar-refractivity contribution in [1.29, 1.82) is 0 Å². The fourth-order valence-corrected chi connectivity index (χ4v) is 3.43. The van der Waals surface area contributed by atoms with Gasteiger partial charge in [-0.25, -0.2) is 0 Å². The molecule has 2 heterocycles. The molecule has 1 aliphatic rings. The molecule has 5 nitrogen and oxygen atoms in total. The zero-order valence-electron chi connectivity index (χ0n) is 12.7. The number of aromatic nitrogens is 1. The molecular formula is C17H17N3O2S. The molecule has 0 saturated carbocycles. The summed E-state index contributed by atoms with van der Waals surface area (Å²) in [6.07, 6.45) is 3.39. The van der Waals surface area contributed by atoms with Crippen LogP contribution in [0.15, 0.2) is 53.7 Å². The van der Waals surface area contributed by atoms with Crippen molar-refractivity contribution in [2.75, 3.05) is 17.2 Å². The van der Waals surface area contributed by atoms with E-state index in [0.717, 1.165) is 16.1 Å². The van der Waals surface area contributed by atoms with Gasteiger partial charge in [-0.1, -0.05) is 12.1 Å². The van der Waals surface area contributed by atoms with Gasteiger partial charge in [0, 0.05) is 17.3 Å². The molecule has 1 N–H and O–H groups in total. The highest BCUT2D eigenvalue weighted by Gasteiger charge is 2.26. The van der Waals surface area contributed by atoms with Crippen LogP contribution in [-0.2, 0) is 9.59 Å². The highest BCUT2D eigenvalue weighted by atomic mass is 32.2. The number of benzene rings is 1. The Morgan fingerprint density at radius 2 is 2.04 bits per heavy atom. The number of hydrogen-bond donors (Lipinski definition) is 1. The minimum atomic E-state index is -0.177. The predicted octanol–water partition coefficient (Wildman–Crippen LogP) is 2.40. The van der Waals surface area contributed by atoms with E-state index in [9.17, 15) is 9.59 Å². The third-order valence-corrected chi connectivity index (χ3v) is 4.74. The van der Waals surface area contributed by atoms with Gasteiger partial charge in [0.2, 0.25) is 11.8 Å². The molecule has 0 radical (unpaired) electrons. The summed E-state index contributed by atoms with van der Waals surface area (Å²) < 4.78 is 0. The zero-order valence-corrected chi connectivity index (χ0v) is 13.5. The average Bonchev–Trinajstić information content (AvgIpc) is 2.58. The molecule has 3 rings (SSSR count). The van der Waals surface area contributed by atoms with Crippen molar-refractivity contribution in [3.05, 3.63) is 54.4 Å². The number of nitrogens with one attached hydrogen (secondary N) is 1. The minimum Gasteiger partial charge on any atom is -0.348 e. The average molecular weight is 327 g/mol. The van der Waals surface area contributed by atoms with E-state index in [0.29, 0.717) is 5.75 Å². The molecule has 1 aliphatic heterocycles. The molecule has 23 heavy (non-hydrogen) atoms. The minimum absolute atomic E-state index is 0.0336. The van der Waals surface area contributed by atoms with Crippen molar-refractivity contribution >= 4 is 29.3 Å².